The van der Waals surface area contributed by atoms with Crippen molar-refractivity contribution in [2.75, 3.05) is 11.9 Å². The number of rotatable bonds is 3. The van der Waals surface area contributed by atoms with Gasteiger partial charge in [-0.05, 0) is 31.9 Å². The van der Waals surface area contributed by atoms with Gasteiger partial charge in [0.1, 0.15) is 10.6 Å². The van der Waals surface area contributed by atoms with Gasteiger partial charge in [0.25, 0.3) is 10.0 Å². The fourth-order valence-corrected chi connectivity index (χ4v) is 3.01. The molecule has 19 heavy (non-hydrogen) atoms. The number of aliphatic imine (C=N–C) groups is 1. The Balaban J connectivity index is 1.98. The predicted octanol–water partition coefficient (Wildman–Crippen LogP) is 1.31. The Kier molecular flexibility index (Phi) is 2.85. The van der Waals surface area contributed by atoms with Gasteiger partial charge in [-0.15, -0.1) is 0 Å². The van der Waals surface area contributed by atoms with E-state index in [1.807, 2.05) is 6.92 Å². The van der Waals surface area contributed by atoms with Crippen LogP contribution in [0.3, 0.4) is 0 Å². The summed E-state index contributed by atoms with van der Waals surface area (Å²) in [4.78, 5) is 4.47. The van der Waals surface area contributed by atoms with E-state index < -0.39 is 10.0 Å². The van der Waals surface area contributed by atoms with Crippen molar-refractivity contribution in [1.29, 1.82) is 0 Å². The van der Waals surface area contributed by atoms with E-state index in [0.717, 1.165) is 12.8 Å². The van der Waals surface area contributed by atoms with Crippen LogP contribution in [0.25, 0.3) is 0 Å². The van der Waals surface area contributed by atoms with E-state index in [4.69, 9.17) is 4.74 Å². The van der Waals surface area contributed by atoms with E-state index >= 15 is 0 Å². The summed E-state index contributed by atoms with van der Waals surface area (Å²) in [6, 6.07) is 5.20. The summed E-state index contributed by atoms with van der Waals surface area (Å²) < 4.78 is 32.1. The van der Waals surface area contributed by atoms with Crippen LogP contribution in [-0.4, -0.2) is 27.0 Å². The van der Waals surface area contributed by atoms with Gasteiger partial charge in [-0.3, -0.25) is 0 Å². The lowest BCUT2D eigenvalue weighted by molar-refractivity contribution is 0.339. The van der Waals surface area contributed by atoms with Crippen LogP contribution in [0.1, 0.15) is 19.8 Å². The zero-order chi connectivity index (χ0) is 13.5. The number of nitrogens with zero attached hydrogens (tertiary/aromatic N) is 1. The lowest BCUT2D eigenvalue weighted by Gasteiger charge is -2.22. The fourth-order valence-electron chi connectivity index (χ4n) is 1.86. The first-order valence-corrected chi connectivity index (χ1v) is 7.71. The maximum Gasteiger partial charge on any atom is 0.266 e. The van der Waals surface area contributed by atoms with Gasteiger partial charge >= 0.3 is 0 Å². The molecule has 2 N–H and O–H groups in total. The smallest absolute Gasteiger partial charge is 0.266 e. The average molecular weight is 281 g/mol. The van der Waals surface area contributed by atoms with Gasteiger partial charge in [-0.1, -0.05) is 0 Å². The highest BCUT2D eigenvalue weighted by Gasteiger charge is 2.29. The van der Waals surface area contributed by atoms with Crippen molar-refractivity contribution in [3.8, 4) is 5.75 Å². The molecule has 0 radical (unpaired) electrons. The van der Waals surface area contributed by atoms with Crippen LogP contribution >= 0.6 is 0 Å². The summed E-state index contributed by atoms with van der Waals surface area (Å²) >= 11 is 0. The highest BCUT2D eigenvalue weighted by atomic mass is 32.2. The predicted molar refractivity (Wildman–Crippen MR) is 72.0 cm³/mol. The lowest BCUT2D eigenvalue weighted by atomic mass is 10.3. The minimum absolute atomic E-state index is 0.188. The summed E-state index contributed by atoms with van der Waals surface area (Å²) in [7, 11) is -3.57. The second-order valence-corrected chi connectivity index (χ2v) is 6.18. The third-order valence-corrected chi connectivity index (χ3v) is 4.28. The highest BCUT2D eigenvalue weighted by Crippen LogP contribution is 2.30. The number of hydrogen-bond donors (Lipinski definition) is 2. The summed E-state index contributed by atoms with van der Waals surface area (Å²) in [6.45, 7) is 2.35. The van der Waals surface area contributed by atoms with Gasteiger partial charge in [-0.2, -0.15) is 0 Å². The van der Waals surface area contributed by atoms with Crippen LogP contribution in [0.5, 0.6) is 5.75 Å². The van der Waals surface area contributed by atoms with Gasteiger partial charge < -0.3 is 10.1 Å². The Labute approximate surface area is 111 Å². The summed E-state index contributed by atoms with van der Waals surface area (Å²) in [6.07, 6.45) is 2.03. The molecule has 1 aliphatic carbocycles. The molecule has 0 atom stereocenters. The van der Waals surface area contributed by atoms with E-state index in [1.54, 1.807) is 12.1 Å². The first kappa shape index (κ1) is 12.3. The van der Waals surface area contributed by atoms with Gasteiger partial charge in [0.2, 0.25) is 5.96 Å². The van der Waals surface area contributed by atoms with E-state index in [-0.39, 0.29) is 10.9 Å². The van der Waals surface area contributed by atoms with Crippen molar-refractivity contribution in [3.05, 3.63) is 18.2 Å². The number of nitrogens with one attached hydrogen (secondary N) is 2. The van der Waals surface area contributed by atoms with Crippen LogP contribution in [0.15, 0.2) is 28.1 Å². The summed E-state index contributed by atoms with van der Waals surface area (Å²) in [5, 5.41) is 3.00. The standard InChI is InChI=1S/C12H15N3O3S/c1-2-18-9-5-6-10-11(7-9)19(16,17)15-12(14-10)13-8-3-4-8/h5-8H,2-4H2,1H3,(H2,13,14,15). The topological polar surface area (TPSA) is 79.8 Å². The van der Waals surface area contributed by atoms with E-state index in [1.165, 1.54) is 6.07 Å². The Morgan fingerprint density at radius 1 is 1.42 bits per heavy atom. The summed E-state index contributed by atoms with van der Waals surface area (Å²) in [5.41, 5.74) is 0.529. The van der Waals surface area contributed by atoms with Crippen LogP contribution in [0.2, 0.25) is 0 Å². The minimum atomic E-state index is -3.57. The molecule has 6 nitrogen and oxygen atoms in total. The van der Waals surface area contributed by atoms with Crippen molar-refractivity contribution < 1.29 is 13.2 Å². The molecule has 102 valence electrons. The molecule has 0 amide bonds. The van der Waals surface area contributed by atoms with Crippen LogP contribution < -0.4 is 14.8 Å². The van der Waals surface area contributed by atoms with Gasteiger partial charge in [-0.25, -0.2) is 18.1 Å². The normalized spacial score (nSPS) is 22.3. The monoisotopic (exact) mass is 281 g/mol. The minimum Gasteiger partial charge on any atom is -0.494 e. The molecule has 1 aromatic rings. The molecule has 1 aromatic carbocycles. The number of fused-ring (bicyclic) bond motifs is 1. The second-order valence-electron chi connectivity index (χ2n) is 4.53. The van der Waals surface area contributed by atoms with Crippen LogP contribution in [0.4, 0.5) is 5.69 Å². The maximum atomic E-state index is 12.2. The molecular formula is C12H15N3O3S. The van der Waals surface area contributed by atoms with Crippen molar-refractivity contribution in [2.45, 2.75) is 30.7 Å². The number of hydrogen-bond acceptors (Lipinski definition) is 4. The van der Waals surface area contributed by atoms with E-state index in [2.05, 4.69) is 15.0 Å². The van der Waals surface area contributed by atoms with Crippen molar-refractivity contribution in [3.63, 3.8) is 0 Å². The average Bonchev–Trinajstić information content (AvgIpc) is 3.13. The SMILES string of the molecule is CCOc1ccc2c(c1)S(=O)(=O)NC(=NC1CC1)N2. The number of benzene rings is 1. The second kappa shape index (κ2) is 4.41. The zero-order valence-electron chi connectivity index (χ0n) is 10.5. The third kappa shape index (κ3) is 2.51. The molecule has 1 heterocycles. The molecule has 2 aliphatic rings. The first-order valence-electron chi connectivity index (χ1n) is 6.23. The molecule has 1 fully saturated rings. The zero-order valence-corrected chi connectivity index (χ0v) is 11.3. The highest BCUT2D eigenvalue weighted by molar-refractivity contribution is 7.90. The lowest BCUT2D eigenvalue weighted by Crippen LogP contribution is -2.40. The largest absolute Gasteiger partial charge is 0.494 e. The first-order chi connectivity index (χ1) is 9.08. The molecule has 0 aromatic heterocycles. The Morgan fingerprint density at radius 3 is 2.89 bits per heavy atom. The van der Waals surface area contributed by atoms with Gasteiger partial charge in [0, 0.05) is 6.07 Å². The van der Waals surface area contributed by atoms with Crippen molar-refractivity contribution in [1.82, 2.24) is 4.72 Å². The molecule has 1 saturated carbocycles. The molecule has 3 rings (SSSR count). The quantitative estimate of drug-likeness (QED) is 0.875. The Bertz CT molecular complexity index is 636. The number of ether oxygens (including phenoxy) is 1. The number of anilines is 1. The van der Waals surface area contributed by atoms with Gasteiger partial charge in [0.15, 0.2) is 0 Å². The van der Waals surface area contributed by atoms with Crippen molar-refractivity contribution in [2.24, 2.45) is 4.99 Å². The number of sulfonamides is 1. The Morgan fingerprint density at radius 2 is 2.21 bits per heavy atom. The molecular weight excluding hydrogens is 266 g/mol. The molecule has 0 bridgehead atoms. The molecule has 0 unspecified atom stereocenters. The summed E-state index contributed by atoms with van der Waals surface area (Å²) in [5.74, 6) is 0.843. The third-order valence-electron chi connectivity index (χ3n) is 2.90. The Hall–Kier alpha value is -1.76. The fraction of sp³-hybridized carbons (Fsp3) is 0.417. The van der Waals surface area contributed by atoms with Gasteiger partial charge in [0.05, 0.1) is 18.3 Å². The molecule has 7 heteroatoms. The molecule has 1 aliphatic heterocycles. The van der Waals surface area contributed by atoms with Crippen molar-refractivity contribution >= 4 is 21.7 Å². The van der Waals surface area contributed by atoms with Crippen LogP contribution in [-0.2, 0) is 10.0 Å². The van der Waals surface area contributed by atoms with E-state index in [0.29, 0.717) is 24.0 Å². The van der Waals surface area contributed by atoms with E-state index in [9.17, 15) is 8.42 Å². The van der Waals surface area contributed by atoms with Crippen LogP contribution in [0, 0.1) is 0 Å². The molecule has 0 spiro atoms. The maximum absolute atomic E-state index is 12.2. The molecule has 0 saturated heterocycles. The number of guanidine groups is 1.